The number of benzene rings is 2. The highest BCUT2D eigenvalue weighted by Crippen LogP contribution is 2.29. The maximum absolute atomic E-state index is 11.0. The molecule has 0 fully saturated rings. The van der Waals surface area contributed by atoms with Crippen LogP contribution < -0.4 is 4.57 Å². The first kappa shape index (κ1) is 17.6. The second-order valence-electron chi connectivity index (χ2n) is 6.44. The van der Waals surface area contributed by atoms with Crippen LogP contribution in [-0.4, -0.2) is 23.7 Å². The summed E-state index contributed by atoms with van der Waals surface area (Å²) in [6, 6.07) is 20.0. The van der Waals surface area contributed by atoms with Gasteiger partial charge in [-0.3, -0.25) is 0 Å². The van der Waals surface area contributed by atoms with Crippen molar-refractivity contribution in [1.29, 1.82) is 0 Å². The quantitative estimate of drug-likeness (QED) is 0.395. The van der Waals surface area contributed by atoms with Crippen LogP contribution in [0.15, 0.2) is 73.1 Å². The van der Waals surface area contributed by atoms with Crippen LogP contribution in [0, 0.1) is 0 Å². The Morgan fingerprint density at radius 1 is 0.889 bits per heavy atom. The van der Waals surface area contributed by atoms with Gasteiger partial charge in [-0.2, -0.15) is 4.57 Å². The molecule has 0 aliphatic heterocycles. The van der Waals surface area contributed by atoms with E-state index in [2.05, 4.69) is 4.98 Å². The molecule has 136 valence electrons. The van der Waals surface area contributed by atoms with Gasteiger partial charge in [-0.05, 0) is 22.9 Å². The third-order valence-electron chi connectivity index (χ3n) is 4.63. The van der Waals surface area contributed by atoms with Crippen LogP contribution in [-0.2, 0) is 16.7 Å². The fraction of sp³-hybridized carbons (Fsp3) is 0.143. The van der Waals surface area contributed by atoms with E-state index in [0.717, 1.165) is 32.9 Å². The summed E-state index contributed by atoms with van der Waals surface area (Å²) in [5.74, 6) is -0.380. The SMILES string of the molecule is O=S(=O)([O-])CCC[n+]1ccc2ccccc2c1-c1nccc2ccccc12. The molecule has 27 heavy (non-hydrogen) atoms. The van der Waals surface area contributed by atoms with Crippen LogP contribution in [0.1, 0.15) is 6.42 Å². The molecular weight excluding hydrogens is 360 g/mol. The normalized spacial score (nSPS) is 11.9. The number of fused-ring (bicyclic) bond motifs is 2. The van der Waals surface area contributed by atoms with E-state index in [-0.39, 0.29) is 12.2 Å². The molecule has 4 rings (SSSR count). The standard InChI is InChI=1S/C21H18N2O3S/c24-27(25,26)15-5-13-23-14-11-17-7-2-4-9-19(17)21(23)20-18-8-3-1-6-16(18)10-12-22-20/h1-4,6-12,14H,5,13,15H2. The van der Waals surface area contributed by atoms with Gasteiger partial charge in [0.15, 0.2) is 6.20 Å². The van der Waals surface area contributed by atoms with Gasteiger partial charge in [-0.15, -0.1) is 0 Å². The molecule has 0 spiro atoms. The van der Waals surface area contributed by atoms with E-state index >= 15 is 0 Å². The molecule has 0 radical (unpaired) electrons. The fourth-order valence-corrected chi connectivity index (χ4v) is 3.91. The Morgan fingerprint density at radius 3 is 2.30 bits per heavy atom. The zero-order valence-electron chi connectivity index (χ0n) is 14.6. The lowest BCUT2D eigenvalue weighted by molar-refractivity contribution is -0.685. The average molecular weight is 378 g/mol. The summed E-state index contributed by atoms with van der Waals surface area (Å²) < 4.78 is 34.9. The first-order valence-corrected chi connectivity index (χ1v) is 10.3. The summed E-state index contributed by atoms with van der Waals surface area (Å²) in [6.07, 6.45) is 3.97. The summed E-state index contributed by atoms with van der Waals surface area (Å²) in [4.78, 5) is 4.64. The van der Waals surface area contributed by atoms with Gasteiger partial charge >= 0.3 is 0 Å². The average Bonchev–Trinajstić information content (AvgIpc) is 2.66. The minimum absolute atomic E-state index is 0.257. The van der Waals surface area contributed by atoms with E-state index in [1.165, 1.54) is 0 Å². The zero-order chi connectivity index (χ0) is 18.9. The molecule has 2 heterocycles. The highest BCUT2D eigenvalue weighted by Gasteiger charge is 2.21. The summed E-state index contributed by atoms with van der Waals surface area (Å²) in [7, 11) is -4.23. The smallest absolute Gasteiger partial charge is 0.239 e. The van der Waals surface area contributed by atoms with E-state index in [9.17, 15) is 13.0 Å². The highest BCUT2D eigenvalue weighted by molar-refractivity contribution is 7.85. The number of aromatic nitrogens is 2. The molecule has 0 saturated carbocycles. The van der Waals surface area contributed by atoms with Gasteiger partial charge in [0, 0.05) is 29.8 Å². The molecule has 0 aliphatic carbocycles. The number of rotatable bonds is 5. The van der Waals surface area contributed by atoms with Crippen molar-refractivity contribution in [1.82, 2.24) is 4.98 Å². The Hall–Kier alpha value is -2.83. The third kappa shape index (κ3) is 3.67. The third-order valence-corrected chi connectivity index (χ3v) is 5.42. The molecular formula is C21H18N2O3S. The second-order valence-corrected chi connectivity index (χ2v) is 7.96. The molecule has 2 aromatic carbocycles. The molecule has 0 bridgehead atoms. The van der Waals surface area contributed by atoms with Crippen molar-refractivity contribution >= 4 is 31.7 Å². The van der Waals surface area contributed by atoms with E-state index in [0.29, 0.717) is 6.54 Å². The molecule has 0 unspecified atom stereocenters. The monoisotopic (exact) mass is 378 g/mol. The Bertz CT molecular complexity index is 1230. The topological polar surface area (TPSA) is 74.0 Å². The van der Waals surface area contributed by atoms with Gasteiger partial charge in [0.1, 0.15) is 12.2 Å². The highest BCUT2D eigenvalue weighted by atomic mass is 32.2. The maximum Gasteiger partial charge on any atom is 0.239 e. The number of pyridine rings is 2. The molecule has 4 aromatic rings. The van der Waals surface area contributed by atoms with Gasteiger partial charge in [0.2, 0.25) is 5.69 Å². The van der Waals surface area contributed by atoms with Crippen molar-refractivity contribution < 1.29 is 17.5 Å². The summed E-state index contributed by atoms with van der Waals surface area (Å²) in [5.41, 5.74) is 1.77. The molecule has 0 N–H and O–H groups in total. The Balaban J connectivity index is 1.92. The lowest BCUT2D eigenvalue weighted by Gasteiger charge is -2.10. The first-order chi connectivity index (χ1) is 13.0. The predicted octanol–water partition coefficient (Wildman–Crippen LogP) is 3.28. The van der Waals surface area contributed by atoms with E-state index < -0.39 is 10.1 Å². The Morgan fingerprint density at radius 2 is 1.56 bits per heavy atom. The van der Waals surface area contributed by atoms with E-state index in [1.54, 1.807) is 6.20 Å². The number of aryl methyl sites for hydroxylation is 1. The summed E-state index contributed by atoms with van der Waals surface area (Å²) in [6.45, 7) is 0.423. The minimum Gasteiger partial charge on any atom is -0.748 e. The van der Waals surface area contributed by atoms with E-state index in [1.807, 2.05) is 71.4 Å². The molecule has 0 amide bonds. The van der Waals surface area contributed by atoms with Gasteiger partial charge in [0.25, 0.3) is 0 Å². The molecule has 5 nitrogen and oxygen atoms in total. The lowest BCUT2D eigenvalue weighted by atomic mass is 10.0. The van der Waals surface area contributed by atoms with Gasteiger partial charge < -0.3 is 4.55 Å². The number of hydrogen-bond donors (Lipinski definition) is 0. The molecule has 0 saturated heterocycles. The minimum atomic E-state index is -4.23. The van der Waals surface area contributed by atoms with Gasteiger partial charge in [-0.1, -0.05) is 42.5 Å². The Kier molecular flexibility index (Phi) is 4.59. The van der Waals surface area contributed by atoms with Crippen LogP contribution >= 0.6 is 0 Å². The van der Waals surface area contributed by atoms with Crippen LogP contribution in [0.4, 0.5) is 0 Å². The molecule has 6 heteroatoms. The van der Waals surface area contributed by atoms with Crippen LogP contribution in [0.2, 0.25) is 0 Å². The van der Waals surface area contributed by atoms with Crippen molar-refractivity contribution in [3.63, 3.8) is 0 Å². The van der Waals surface area contributed by atoms with Gasteiger partial charge in [-0.25, -0.2) is 13.4 Å². The van der Waals surface area contributed by atoms with Crippen molar-refractivity contribution in [3.8, 4) is 11.4 Å². The Labute approximate surface area is 157 Å². The van der Waals surface area contributed by atoms with Crippen molar-refractivity contribution in [2.24, 2.45) is 0 Å². The molecule has 0 atom stereocenters. The van der Waals surface area contributed by atoms with Crippen molar-refractivity contribution in [2.45, 2.75) is 13.0 Å². The van der Waals surface area contributed by atoms with Gasteiger partial charge in [0.05, 0.1) is 15.5 Å². The number of hydrogen-bond acceptors (Lipinski definition) is 4. The van der Waals surface area contributed by atoms with E-state index in [4.69, 9.17) is 0 Å². The molecule has 0 aliphatic rings. The lowest BCUT2D eigenvalue weighted by Crippen LogP contribution is -2.37. The molecule has 2 aromatic heterocycles. The first-order valence-electron chi connectivity index (χ1n) is 8.72. The van der Waals surface area contributed by atoms with Crippen LogP contribution in [0.3, 0.4) is 0 Å². The largest absolute Gasteiger partial charge is 0.748 e. The van der Waals surface area contributed by atoms with Crippen LogP contribution in [0.25, 0.3) is 32.9 Å². The van der Waals surface area contributed by atoms with Crippen molar-refractivity contribution in [2.75, 3.05) is 5.75 Å². The predicted molar refractivity (Wildman–Crippen MR) is 104 cm³/mol. The summed E-state index contributed by atoms with van der Waals surface area (Å²) in [5, 5.41) is 4.23. The number of nitrogens with zero attached hydrogens (tertiary/aromatic N) is 2. The maximum atomic E-state index is 11.0. The summed E-state index contributed by atoms with van der Waals surface area (Å²) >= 11 is 0. The second kappa shape index (κ2) is 7.06. The van der Waals surface area contributed by atoms with Crippen LogP contribution in [0.5, 0.6) is 0 Å². The fourth-order valence-electron chi connectivity index (χ4n) is 3.43. The zero-order valence-corrected chi connectivity index (χ0v) is 15.4. The van der Waals surface area contributed by atoms with Crippen molar-refractivity contribution in [3.05, 3.63) is 73.1 Å².